The normalized spacial score (nSPS) is 12.3. The van der Waals surface area contributed by atoms with Crippen LogP contribution in [0.25, 0.3) is 5.82 Å². The zero-order valence-electron chi connectivity index (χ0n) is 13.0. The van der Waals surface area contributed by atoms with Crippen molar-refractivity contribution in [2.75, 3.05) is 0 Å². The van der Waals surface area contributed by atoms with Gasteiger partial charge >= 0.3 is 6.18 Å². The number of alkyl halides is 3. The molecular formula is C15H13BrF3N3O2. The van der Waals surface area contributed by atoms with Gasteiger partial charge in [0.05, 0.1) is 5.41 Å². The molecule has 0 bridgehead atoms. The number of pyridine rings is 1. The summed E-state index contributed by atoms with van der Waals surface area (Å²) in [6.45, 7) is 3.90. The molecule has 0 unspecified atom stereocenters. The number of nitrogens with zero attached hydrogens (tertiary/aromatic N) is 3. The Morgan fingerprint density at radius 3 is 2.29 bits per heavy atom. The lowest BCUT2D eigenvalue weighted by molar-refractivity contribution is -0.142. The van der Waals surface area contributed by atoms with Crippen LogP contribution in [0.2, 0.25) is 0 Å². The molecular weight excluding hydrogens is 391 g/mol. The second-order valence-electron chi connectivity index (χ2n) is 5.67. The lowest BCUT2D eigenvalue weighted by Gasteiger charge is -2.17. The Balaban J connectivity index is 2.60. The zero-order chi connectivity index (χ0) is 18.3. The molecule has 0 amide bonds. The average Bonchev–Trinajstić information content (AvgIpc) is 2.92. The van der Waals surface area contributed by atoms with Crippen molar-refractivity contribution in [1.82, 2.24) is 14.8 Å². The van der Waals surface area contributed by atoms with Crippen molar-refractivity contribution in [1.29, 1.82) is 0 Å². The maximum atomic E-state index is 13.3. The zero-order valence-corrected chi connectivity index (χ0v) is 14.6. The van der Waals surface area contributed by atoms with Crippen molar-refractivity contribution < 1.29 is 22.8 Å². The molecule has 0 aliphatic carbocycles. The maximum Gasteiger partial charge on any atom is 0.433 e. The Morgan fingerprint density at radius 1 is 1.21 bits per heavy atom. The standard InChI is InChI=1S/C15H13BrF3N3O2/c1-8(23)14(2,3)13(24)10-6-11(15(17,18)19)22(21-10)12-5-4-9(16)7-20-12/h4-7H,1-3H3. The molecule has 128 valence electrons. The molecule has 0 spiro atoms. The Hall–Kier alpha value is -2.03. The number of carbonyl (C=O) groups is 2. The van der Waals surface area contributed by atoms with Crippen LogP contribution in [0.4, 0.5) is 13.2 Å². The highest BCUT2D eigenvalue weighted by molar-refractivity contribution is 9.10. The smallest absolute Gasteiger partial charge is 0.299 e. The molecule has 2 heterocycles. The van der Waals surface area contributed by atoms with Gasteiger partial charge in [0, 0.05) is 16.7 Å². The molecule has 0 aliphatic heterocycles. The first kappa shape index (κ1) is 18.3. The van der Waals surface area contributed by atoms with Crippen molar-refractivity contribution in [2.45, 2.75) is 26.9 Å². The highest BCUT2D eigenvalue weighted by Crippen LogP contribution is 2.33. The largest absolute Gasteiger partial charge is 0.433 e. The van der Waals surface area contributed by atoms with E-state index in [4.69, 9.17) is 0 Å². The van der Waals surface area contributed by atoms with Crippen LogP contribution in [0, 0.1) is 5.41 Å². The summed E-state index contributed by atoms with van der Waals surface area (Å²) in [5.74, 6) is -1.33. The Morgan fingerprint density at radius 2 is 1.83 bits per heavy atom. The van der Waals surface area contributed by atoms with E-state index in [-0.39, 0.29) is 5.82 Å². The number of Topliss-reactive ketones (excluding diaryl/α,β-unsaturated/α-hetero) is 2. The molecule has 9 heteroatoms. The van der Waals surface area contributed by atoms with Gasteiger partial charge in [-0.15, -0.1) is 0 Å². The van der Waals surface area contributed by atoms with Gasteiger partial charge in [-0.2, -0.15) is 18.3 Å². The van der Waals surface area contributed by atoms with Gasteiger partial charge in [0.25, 0.3) is 0 Å². The van der Waals surface area contributed by atoms with Gasteiger partial charge in [-0.3, -0.25) is 9.59 Å². The Bertz CT molecular complexity index is 795. The monoisotopic (exact) mass is 403 g/mol. The third kappa shape index (κ3) is 3.40. The van der Waals surface area contributed by atoms with Crippen molar-refractivity contribution >= 4 is 27.5 Å². The summed E-state index contributed by atoms with van der Waals surface area (Å²) in [6, 6.07) is 3.47. The number of ketones is 2. The number of aromatic nitrogens is 3. The SMILES string of the molecule is CC(=O)C(C)(C)C(=O)c1cc(C(F)(F)F)n(-c2ccc(Br)cn2)n1. The fourth-order valence-electron chi connectivity index (χ4n) is 1.84. The van der Waals surface area contributed by atoms with Gasteiger partial charge < -0.3 is 0 Å². The quantitative estimate of drug-likeness (QED) is 0.574. The summed E-state index contributed by atoms with van der Waals surface area (Å²) >= 11 is 3.14. The fourth-order valence-corrected chi connectivity index (χ4v) is 2.08. The van der Waals surface area contributed by atoms with Crippen LogP contribution in [0.1, 0.15) is 37.0 Å². The second-order valence-corrected chi connectivity index (χ2v) is 6.58. The van der Waals surface area contributed by atoms with Crippen LogP contribution in [-0.2, 0) is 11.0 Å². The van der Waals surface area contributed by atoms with Crippen LogP contribution >= 0.6 is 15.9 Å². The number of carbonyl (C=O) groups excluding carboxylic acids is 2. The number of hydrogen-bond acceptors (Lipinski definition) is 4. The van der Waals surface area contributed by atoms with E-state index in [1.807, 2.05) is 0 Å². The van der Waals surface area contributed by atoms with Crippen molar-refractivity contribution in [2.24, 2.45) is 5.41 Å². The second kappa shape index (κ2) is 6.12. The molecule has 5 nitrogen and oxygen atoms in total. The molecule has 0 fully saturated rings. The van der Waals surface area contributed by atoms with Gasteiger partial charge in [0.15, 0.2) is 17.3 Å². The van der Waals surface area contributed by atoms with E-state index in [2.05, 4.69) is 26.0 Å². The van der Waals surface area contributed by atoms with Crippen molar-refractivity contribution in [3.05, 3.63) is 40.3 Å². The fraction of sp³-hybridized carbons (Fsp3) is 0.333. The lowest BCUT2D eigenvalue weighted by atomic mass is 9.83. The third-order valence-corrected chi connectivity index (χ3v) is 4.08. The highest BCUT2D eigenvalue weighted by Gasteiger charge is 2.40. The topological polar surface area (TPSA) is 64.8 Å². The van der Waals surface area contributed by atoms with E-state index in [0.29, 0.717) is 15.2 Å². The van der Waals surface area contributed by atoms with E-state index >= 15 is 0 Å². The molecule has 2 aromatic rings. The summed E-state index contributed by atoms with van der Waals surface area (Å²) in [7, 11) is 0. The molecule has 0 saturated heterocycles. The molecule has 0 saturated carbocycles. The van der Waals surface area contributed by atoms with Crippen molar-refractivity contribution in [3.8, 4) is 5.82 Å². The minimum atomic E-state index is -4.74. The summed E-state index contributed by atoms with van der Waals surface area (Å²) in [5, 5.41) is 3.74. The van der Waals surface area contributed by atoms with Gasteiger partial charge in [-0.05, 0) is 48.8 Å². The molecule has 24 heavy (non-hydrogen) atoms. The minimum Gasteiger partial charge on any atom is -0.299 e. The first-order valence-electron chi connectivity index (χ1n) is 6.79. The predicted octanol–water partition coefficient (Wildman–Crippen LogP) is 3.85. The lowest BCUT2D eigenvalue weighted by Crippen LogP contribution is -2.32. The van der Waals surface area contributed by atoms with Crippen LogP contribution in [0.15, 0.2) is 28.9 Å². The molecule has 2 aromatic heterocycles. The average molecular weight is 404 g/mol. The summed E-state index contributed by atoms with van der Waals surface area (Å²) < 4.78 is 40.9. The van der Waals surface area contributed by atoms with Crippen LogP contribution < -0.4 is 0 Å². The van der Waals surface area contributed by atoms with E-state index in [1.165, 1.54) is 39.1 Å². The van der Waals surface area contributed by atoms with Crippen LogP contribution in [0.3, 0.4) is 0 Å². The number of halogens is 4. The van der Waals surface area contributed by atoms with Crippen molar-refractivity contribution in [3.63, 3.8) is 0 Å². The number of hydrogen-bond donors (Lipinski definition) is 0. The molecule has 0 atom stereocenters. The molecule has 0 aliphatic rings. The molecule has 0 aromatic carbocycles. The van der Waals surface area contributed by atoms with Gasteiger partial charge in [-0.1, -0.05) is 0 Å². The number of rotatable bonds is 4. The van der Waals surface area contributed by atoms with E-state index in [9.17, 15) is 22.8 Å². The summed E-state index contributed by atoms with van der Waals surface area (Å²) in [6.07, 6.45) is -3.42. The Labute approximate surface area is 144 Å². The minimum absolute atomic E-state index is 0.0924. The van der Waals surface area contributed by atoms with E-state index in [0.717, 1.165) is 0 Å². The first-order valence-corrected chi connectivity index (χ1v) is 7.59. The van der Waals surface area contributed by atoms with E-state index < -0.39 is 34.5 Å². The molecule has 0 radical (unpaired) electrons. The predicted molar refractivity (Wildman–Crippen MR) is 82.9 cm³/mol. The maximum absolute atomic E-state index is 13.3. The third-order valence-electron chi connectivity index (χ3n) is 3.61. The Kier molecular flexibility index (Phi) is 4.67. The molecule has 0 N–H and O–H groups in total. The summed E-state index contributed by atoms with van der Waals surface area (Å²) in [4.78, 5) is 27.8. The first-order chi connectivity index (χ1) is 10.9. The van der Waals surface area contributed by atoms with Crippen LogP contribution in [-0.4, -0.2) is 26.3 Å². The van der Waals surface area contributed by atoms with Crippen LogP contribution in [0.5, 0.6) is 0 Å². The summed E-state index contributed by atoms with van der Waals surface area (Å²) in [5.41, 5.74) is -3.04. The van der Waals surface area contributed by atoms with Gasteiger partial charge in [0.2, 0.25) is 0 Å². The van der Waals surface area contributed by atoms with Gasteiger partial charge in [-0.25, -0.2) is 9.67 Å². The molecule has 2 rings (SSSR count). The van der Waals surface area contributed by atoms with E-state index in [1.54, 1.807) is 0 Å². The highest BCUT2D eigenvalue weighted by atomic mass is 79.9. The van der Waals surface area contributed by atoms with Gasteiger partial charge in [0.1, 0.15) is 11.5 Å².